The summed E-state index contributed by atoms with van der Waals surface area (Å²) in [4.78, 5) is 10.6. The Kier molecular flexibility index (Phi) is 4.04. The number of hydrogen-bond acceptors (Lipinski definition) is 3. The maximum Gasteiger partial charge on any atom is 0.335 e. The third kappa shape index (κ3) is 3.43. The van der Waals surface area contributed by atoms with E-state index in [0.717, 1.165) is 36.4 Å². The van der Waals surface area contributed by atoms with Crippen molar-refractivity contribution in [3.05, 3.63) is 65.2 Å². The number of aromatic carboxylic acids is 1. The first-order valence-corrected chi connectivity index (χ1v) is 7.45. The molecule has 0 aliphatic heterocycles. The van der Waals surface area contributed by atoms with Crippen LogP contribution in [0.1, 0.15) is 15.9 Å². The lowest BCUT2D eigenvalue weighted by Crippen LogP contribution is -2.07. The van der Waals surface area contributed by atoms with Crippen molar-refractivity contribution in [2.24, 2.45) is 0 Å². The number of carboxylic acid groups (broad SMARTS) is 1. The summed E-state index contributed by atoms with van der Waals surface area (Å²) in [6.07, 6.45) is 0. The Morgan fingerprint density at radius 1 is 1.05 bits per heavy atom. The molecular weight excluding hydrogens is 302 g/mol. The van der Waals surface area contributed by atoms with Gasteiger partial charge in [-0.3, -0.25) is 0 Å². The molecule has 0 aromatic heterocycles. The Labute approximate surface area is 119 Å². The normalized spacial score (nSPS) is 11.3. The standard InChI is InChI=1S/C14H10F2O4S/c15-11-4-1-10(13(16)7-11)8-21(19,20)12-5-2-9(3-6-12)14(17)18/h1-7H,8H2,(H,17,18). The second-order valence-electron chi connectivity index (χ2n) is 4.32. The molecule has 0 unspecified atom stereocenters. The van der Waals surface area contributed by atoms with Gasteiger partial charge >= 0.3 is 5.97 Å². The summed E-state index contributed by atoms with van der Waals surface area (Å²) >= 11 is 0. The lowest BCUT2D eigenvalue weighted by Gasteiger charge is -2.06. The first kappa shape index (κ1) is 15.1. The molecule has 0 amide bonds. The van der Waals surface area contributed by atoms with Gasteiger partial charge in [-0.1, -0.05) is 6.07 Å². The van der Waals surface area contributed by atoms with E-state index in [4.69, 9.17) is 5.11 Å². The van der Waals surface area contributed by atoms with Crippen molar-refractivity contribution in [3.8, 4) is 0 Å². The fourth-order valence-corrected chi connectivity index (χ4v) is 3.09. The molecule has 0 aliphatic carbocycles. The largest absolute Gasteiger partial charge is 0.478 e. The second kappa shape index (κ2) is 5.61. The third-order valence-corrected chi connectivity index (χ3v) is 4.50. The minimum absolute atomic E-state index is 0.0538. The van der Waals surface area contributed by atoms with E-state index >= 15 is 0 Å². The van der Waals surface area contributed by atoms with Gasteiger partial charge in [0.05, 0.1) is 16.2 Å². The Bertz CT molecular complexity index is 783. The van der Waals surface area contributed by atoms with Crippen molar-refractivity contribution in [3.63, 3.8) is 0 Å². The number of sulfone groups is 1. The fourth-order valence-electron chi connectivity index (χ4n) is 1.73. The minimum Gasteiger partial charge on any atom is -0.478 e. The van der Waals surface area contributed by atoms with Crippen LogP contribution in [0.25, 0.3) is 0 Å². The summed E-state index contributed by atoms with van der Waals surface area (Å²) in [6, 6.07) is 7.22. The first-order chi connectivity index (χ1) is 9.79. The van der Waals surface area contributed by atoms with E-state index in [1.54, 1.807) is 0 Å². The molecule has 110 valence electrons. The van der Waals surface area contributed by atoms with Crippen LogP contribution in [-0.4, -0.2) is 19.5 Å². The van der Waals surface area contributed by atoms with E-state index in [1.807, 2.05) is 0 Å². The van der Waals surface area contributed by atoms with E-state index in [1.165, 1.54) is 0 Å². The SMILES string of the molecule is O=C(O)c1ccc(S(=O)(=O)Cc2ccc(F)cc2F)cc1. The average Bonchev–Trinajstić information content (AvgIpc) is 2.42. The van der Waals surface area contributed by atoms with E-state index < -0.39 is 33.2 Å². The average molecular weight is 312 g/mol. The number of halogens is 2. The van der Waals surface area contributed by atoms with Crippen molar-refractivity contribution in [1.29, 1.82) is 0 Å². The third-order valence-electron chi connectivity index (χ3n) is 2.82. The van der Waals surface area contributed by atoms with Crippen LogP contribution in [0.2, 0.25) is 0 Å². The predicted molar refractivity (Wildman–Crippen MR) is 70.6 cm³/mol. The van der Waals surface area contributed by atoms with E-state index in [0.29, 0.717) is 6.07 Å². The second-order valence-corrected chi connectivity index (χ2v) is 6.31. The maximum absolute atomic E-state index is 13.5. The van der Waals surface area contributed by atoms with Gasteiger partial charge in [0.1, 0.15) is 11.6 Å². The van der Waals surface area contributed by atoms with Gasteiger partial charge in [-0.2, -0.15) is 0 Å². The topological polar surface area (TPSA) is 71.4 Å². The fraction of sp³-hybridized carbons (Fsp3) is 0.0714. The van der Waals surface area contributed by atoms with Gasteiger partial charge in [-0.25, -0.2) is 22.0 Å². The Morgan fingerprint density at radius 3 is 2.19 bits per heavy atom. The molecule has 0 bridgehead atoms. The van der Waals surface area contributed by atoms with Crippen molar-refractivity contribution >= 4 is 15.8 Å². The van der Waals surface area contributed by atoms with Crippen LogP contribution in [-0.2, 0) is 15.6 Å². The molecule has 2 aromatic carbocycles. The lowest BCUT2D eigenvalue weighted by molar-refractivity contribution is 0.0696. The molecule has 4 nitrogen and oxygen atoms in total. The Morgan fingerprint density at radius 2 is 1.67 bits per heavy atom. The van der Waals surface area contributed by atoms with Gasteiger partial charge in [-0.15, -0.1) is 0 Å². The molecule has 1 N–H and O–H groups in total. The highest BCUT2D eigenvalue weighted by atomic mass is 32.2. The molecule has 7 heteroatoms. The molecule has 21 heavy (non-hydrogen) atoms. The van der Waals surface area contributed by atoms with Gasteiger partial charge in [0.15, 0.2) is 9.84 Å². The Hall–Kier alpha value is -2.28. The molecule has 0 heterocycles. The van der Waals surface area contributed by atoms with Crippen LogP contribution < -0.4 is 0 Å². The summed E-state index contributed by atoms with van der Waals surface area (Å²) < 4.78 is 50.5. The number of carboxylic acids is 1. The molecule has 2 rings (SSSR count). The lowest BCUT2D eigenvalue weighted by atomic mass is 10.2. The quantitative estimate of drug-likeness (QED) is 0.942. The van der Waals surface area contributed by atoms with Crippen molar-refractivity contribution in [1.82, 2.24) is 0 Å². The van der Waals surface area contributed by atoms with E-state index in [9.17, 15) is 22.0 Å². The highest BCUT2D eigenvalue weighted by Gasteiger charge is 2.18. The van der Waals surface area contributed by atoms with Crippen LogP contribution in [0.3, 0.4) is 0 Å². The van der Waals surface area contributed by atoms with Gasteiger partial charge in [0, 0.05) is 11.6 Å². The van der Waals surface area contributed by atoms with Gasteiger partial charge in [0.25, 0.3) is 0 Å². The zero-order chi connectivity index (χ0) is 15.6. The molecule has 0 saturated carbocycles. The number of hydrogen-bond donors (Lipinski definition) is 1. The summed E-state index contributed by atoms with van der Waals surface area (Å²) in [7, 11) is -3.85. The van der Waals surface area contributed by atoms with E-state index in [-0.39, 0.29) is 16.0 Å². The summed E-state index contributed by atoms with van der Waals surface area (Å²) in [5.41, 5.74) is -0.208. The van der Waals surface area contributed by atoms with Crippen molar-refractivity contribution in [2.75, 3.05) is 0 Å². The number of rotatable bonds is 4. The molecule has 2 aromatic rings. The van der Waals surface area contributed by atoms with E-state index in [2.05, 4.69) is 0 Å². The molecular formula is C14H10F2O4S. The van der Waals surface area contributed by atoms with Crippen LogP contribution in [0.5, 0.6) is 0 Å². The summed E-state index contributed by atoms with van der Waals surface area (Å²) in [6.45, 7) is 0. The molecule has 0 spiro atoms. The summed E-state index contributed by atoms with van der Waals surface area (Å²) in [5, 5.41) is 8.74. The van der Waals surface area contributed by atoms with Crippen LogP contribution in [0, 0.1) is 11.6 Å². The molecule has 0 saturated heterocycles. The van der Waals surface area contributed by atoms with Crippen molar-refractivity contribution in [2.45, 2.75) is 10.6 Å². The zero-order valence-electron chi connectivity index (χ0n) is 10.6. The van der Waals surface area contributed by atoms with Gasteiger partial charge < -0.3 is 5.11 Å². The number of carbonyl (C=O) groups is 1. The van der Waals surface area contributed by atoms with Crippen LogP contribution in [0.4, 0.5) is 8.78 Å². The highest BCUT2D eigenvalue weighted by molar-refractivity contribution is 7.90. The molecule has 0 atom stereocenters. The Balaban J connectivity index is 2.31. The number of benzene rings is 2. The van der Waals surface area contributed by atoms with Crippen LogP contribution in [0.15, 0.2) is 47.4 Å². The monoisotopic (exact) mass is 312 g/mol. The predicted octanol–water partition coefficient (Wildman–Crippen LogP) is 2.64. The van der Waals surface area contributed by atoms with Gasteiger partial charge in [0.2, 0.25) is 0 Å². The summed E-state index contributed by atoms with van der Waals surface area (Å²) in [5.74, 6) is -3.55. The highest BCUT2D eigenvalue weighted by Crippen LogP contribution is 2.19. The van der Waals surface area contributed by atoms with Gasteiger partial charge in [-0.05, 0) is 30.3 Å². The zero-order valence-corrected chi connectivity index (χ0v) is 11.4. The smallest absolute Gasteiger partial charge is 0.335 e. The molecule has 0 fully saturated rings. The van der Waals surface area contributed by atoms with Crippen molar-refractivity contribution < 1.29 is 27.1 Å². The molecule has 0 radical (unpaired) electrons. The van der Waals surface area contributed by atoms with Crippen LogP contribution >= 0.6 is 0 Å². The first-order valence-electron chi connectivity index (χ1n) is 5.79. The maximum atomic E-state index is 13.5. The minimum atomic E-state index is -3.85. The molecule has 0 aliphatic rings.